The fourth-order valence-electron chi connectivity index (χ4n) is 11.7. The highest BCUT2D eigenvalue weighted by molar-refractivity contribution is 5.25. The van der Waals surface area contributed by atoms with E-state index in [1.54, 1.807) is 5.57 Å². The minimum atomic E-state index is -0.142. The molecule has 1 heterocycles. The quantitative estimate of drug-likeness (QED) is 0.227. The highest BCUT2D eigenvalue weighted by Gasteiger charge is 2.59. The van der Waals surface area contributed by atoms with E-state index in [0.29, 0.717) is 41.8 Å². The summed E-state index contributed by atoms with van der Waals surface area (Å²) in [6, 6.07) is 10.5. The normalized spacial score (nSPS) is 43.0. The first kappa shape index (κ1) is 34.7. The Labute approximate surface area is 283 Å². The topological polar surface area (TPSA) is 27.7 Å². The van der Waals surface area contributed by atoms with Crippen molar-refractivity contribution in [2.75, 3.05) is 6.61 Å². The Kier molecular flexibility index (Phi) is 10.8. The third-order valence-electron chi connectivity index (χ3n) is 15.0. The molecule has 3 nitrogen and oxygen atoms in total. The van der Waals surface area contributed by atoms with Gasteiger partial charge in [-0.3, -0.25) is 0 Å². The lowest BCUT2D eigenvalue weighted by atomic mass is 9.47. The number of benzene rings is 1. The van der Waals surface area contributed by atoms with Crippen LogP contribution in [0, 0.1) is 64.1 Å². The summed E-state index contributed by atoms with van der Waals surface area (Å²) < 4.78 is 19.8. The number of hydrogen-bond donors (Lipinski definition) is 0. The monoisotopic (exact) mass is 633 g/mol. The molecule has 1 aromatic carbocycles. The van der Waals surface area contributed by atoms with E-state index >= 15 is 0 Å². The highest BCUT2D eigenvalue weighted by atomic mass is 16.7. The van der Waals surface area contributed by atoms with Crippen LogP contribution in [-0.4, -0.2) is 25.1 Å². The second-order valence-electron chi connectivity index (χ2n) is 17.9. The number of hydrogen-bond acceptors (Lipinski definition) is 3. The summed E-state index contributed by atoms with van der Waals surface area (Å²) in [6.45, 7) is 21.1. The van der Waals surface area contributed by atoms with E-state index < -0.39 is 0 Å². The second-order valence-corrected chi connectivity index (χ2v) is 17.9. The Bertz CT molecular complexity index is 1160. The summed E-state index contributed by atoms with van der Waals surface area (Å²) in [4.78, 5) is 0. The smallest absolute Gasteiger partial charge is 0.161 e. The third-order valence-corrected chi connectivity index (χ3v) is 15.0. The van der Waals surface area contributed by atoms with E-state index in [2.05, 4.69) is 91.8 Å². The van der Waals surface area contributed by atoms with Gasteiger partial charge in [0.05, 0.1) is 25.4 Å². The number of ether oxygens (including phenoxy) is 3. The zero-order chi connectivity index (χ0) is 32.6. The molecule has 1 saturated heterocycles. The van der Waals surface area contributed by atoms with Crippen molar-refractivity contribution in [3.8, 4) is 0 Å². The third kappa shape index (κ3) is 6.82. The molecule has 6 rings (SSSR count). The van der Waals surface area contributed by atoms with Gasteiger partial charge in [-0.1, -0.05) is 117 Å². The van der Waals surface area contributed by atoms with Crippen LogP contribution in [0.15, 0.2) is 42.0 Å². The van der Waals surface area contributed by atoms with Crippen LogP contribution in [0.3, 0.4) is 0 Å². The molecule has 4 aliphatic carbocycles. The van der Waals surface area contributed by atoms with Gasteiger partial charge in [-0.05, 0) is 115 Å². The molecule has 3 saturated carbocycles. The zero-order valence-corrected chi connectivity index (χ0v) is 30.8. The molecule has 258 valence electrons. The van der Waals surface area contributed by atoms with E-state index in [0.717, 1.165) is 41.9 Å². The summed E-state index contributed by atoms with van der Waals surface area (Å²) in [5.74, 6) is 6.71. The molecule has 1 aliphatic heterocycles. The van der Waals surface area contributed by atoms with E-state index in [9.17, 15) is 0 Å². The van der Waals surface area contributed by atoms with Crippen LogP contribution in [0.1, 0.15) is 132 Å². The molecule has 2 unspecified atom stereocenters. The van der Waals surface area contributed by atoms with Gasteiger partial charge in [-0.25, -0.2) is 0 Å². The van der Waals surface area contributed by atoms with Crippen LogP contribution in [0.25, 0.3) is 0 Å². The predicted octanol–water partition coefficient (Wildman–Crippen LogP) is 11.3. The van der Waals surface area contributed by atoms with Gasteiger partial charge in [0.15, 0.2) is 6.29 Å². The van der Waals surface area contributed by atoms with Crippen LogP contribution in [0.4, 0.5) is 0 Å². The predicted molar refractivity (Wildman–Crippen MR) is 190 cm³/mol. The maximum atomic E-state index is 6.94. The second kappa shape index (κ2) is 14.4. The Morgan fingerprint density at radius 2 is 1.65 bits per heavy atom. The van der Waals surface area contributed by atoms with Gasteiger partial charge in [0.25, 0.3) is 0 Å². The van der Waals surface area contributed by atoms with Gasteiger partial charge >= 0.3 is 0 Å². The van der Waals surface area contributed by atoms with Crippen molar-refractivity contribution in [2.24, 2.45) is 64.1 Å². The van der Waals surface area contributed by atoms with Crippen LogP contribution < -0.4 is 0 Å². The van der Waals surface area contributed by atoms with E-state index in [1.165, 1.54) is 69.8 Å². The van der Waals surface area contributed by atoms with E-state index in [-0.39, 0.29) is 18.5 Å². The van der Waals surface area contributed by atoms with Gasteiger partial charge in [0, 0.05) is 5.92 Å². The molecular weight excluding hydrogens is 564 g/mol. The molecule has 46 heavy (non-hydrogen) atoms. The molecular formula is C43H68O3. The summed E-state index contributed by atoms with van der Waals surface area (Å²) in [5, 5.41) is 0. The average molecular weight is 633 g/mol. The average Bonchev–Trinajstić information content (AvgIpc) is 3.40. The molecule has 0 spiro atoms. The summed E-state index contributed by atoms with van der Waals surface area (Å²) in [5.41, 5.74) is 3.86. The van der Waals surface area contributed by atoms with Gasteiger partial charge < -0.3 is 14.2 Å². The number of fused-ring (bicyclic) bond motifs is 5. The Morgan fingerprint density at radius 1 is 0.870 bits per heavy atom. The highest BCUT2D eigenvalue weighted by Crippen LogP contribution is 2.67. The van der Waals surface area contributed by atoms with Crippen LogP contribution >= 0.6 is 0 Å². The van der Waals surface area contributed by atoms with Gasteiger partial charge in [0.2, 0.25) is 0 Å². The summed E-state index contributed by atoms with van der Waals surface area (Å²) in [6.07, 6.45) is 17.9. The van der Waals surface area contributed by atoms with Gasteiger partial charge in [0.1, 0.15) is 0 Å². The van der Waals surface area contributed by atoms with Crippen LogP contribution in [0.2, 0.25) is 0 Å². The first-order valence-electron chi connectivity index (χ1n) is 19.6. The maximum Gasteiger partial charge on any atom is 0.161 e. The maximum absolute atomic E-state index is 6.94. The minimum Gasteiger partial charge on any atom is -0.374 e. The lowest BCUT2D eigenvalue weighted by Crippen LogP contribution is -2.52. The molecule has 5 aliphatic rings. The van der Waals surface area contributed by atoms with Crippen molar-refractivity contribution in [2.45, 2.75) is 151 Å². The van der Waals surface area contributed by atoms with Crippen molar-refractivity contribution in [3.05, 3.63) is 47.5 Å². The first-order chi connectivity index (χ1) is 22.0. The van der Waals surface area contributed by atoms with Crippen molar-refractivity contribution in [1.82, 2.24) is 0 Å². The number of allylic oxidation sites excluding steroid dienone is 1. The zero-order valence-electron chi connectivity index (χ0n) is 30.8. The van der Waals surface area contributed by atoms with Crippen molar-refractivity contribution in [3.63, 3.8) is 0 Å². The van der Waals surface area contributed by atoms with E-state index in [1.807, 2.05) is 0 Å². The molecule has 0 N–H and O–H groups in total. The fourth-order valence-corrected chi connectivity index (χ4v) is 11.7. The SMILES string of the molecule is CC(C)CCC[C@@H](C)[C@H]1CC[C@H]2[C@@H]3CC=C4C[C@@H](O[C@H]5OC(COCc6ccccc6)[C@H](C)[C@H](C)C5C)CC[C@]4(C)[C@H]3CC[C@]12C. The van der Waals surface area contributed by atoms with Gasteiger partial charge in [-0.15, -0.1) is 0 Å². The lowest BCUT2D eigenvalue weighted by molar-refractivity contribution is -0.274. The Morgan fingerprint density at radius 3 is 2.41 bits per heavy atom. The number of rotatable bonds is 11. The van der Waals surface area contributed by atoms with Crippen molar-refractivity contribution < 1.29 is 14.2 Å². The molecule has 3 heteroatoms. The summed E-state index contributed by atoms with van der Waals surface area (Å²) >= 11 is 0. The van der Waals surface area contributed by atoms with Crippen molar-refractivity contribution in [1.29, 1.82) is 0 Å². The molecule has 0 amide bonds. The molecule has 4 fully saturated rings. The molecule has 1 aromatic rings. The molecule has 0 radical (unpaired) electrons. The molecule has 0 bridgehead atoms. The Hall–Kier alpha value is -1.16. The standard InChI is InChI=1S/C43H68O3/c1-28(2)13-12-14-29(3)37-19-20-38-36-18-17-34-25-35(21-23-42(34,7)39(36)22-24-43(37,38)8)45-41-32(6)30(4)31(5)40(46-41)27-44-26-33-15-10-9-11-16-33/h9-11,15-17,28-32,35-41H,12-14,18-27H2,1-8H3/t29-,30+,31-,32?,35+,36+,37-,38+,39+,40?,41+,42+,43-/m1/s1. The molecule has 0 aromatic heterocycles. The van der Waals surface area contributed by atoms with Crippen molar-refractivity contribution >= 4 is 0 Å². The summed E-state index contributed by atoms with van der Waals surface area (Å²) in [7, 11) is 0. The van der Waals surface area contributed by atoms with Gasteiger partial charge in [-0.2, -0.15) is 0 Å². The Balaban J connectivity index is 1.06. The fraction of sp³-hybridized carbons (Fsp3) is 0.814. The minimum absolute atomic E-state index is 0.0770. The van der Waals surface area contributed by atoms with Crippen LogP contribution in [-0.2, 0) is 20.8 Å². The van der Waals surface area contributed by atoms with E-state index in [4.69, 9.17) is 14.2 Å². The largest absolute Gasteiger partial charge is 0.374 e. The van der Waals surface area contributed by atoms with Crippen LogP contribution in [0.5, 0.6) is 0 Å². The first-order valence-corrected chi connectivity index (χ1v) is 19.6. The molecule has 13 atom stereocenters. The lowest BCUT2D eigenvalue weighted by Gasteiger charge is -2.58.